The fraction of sp³-hybridized carbons (Fsp3) is 0.300. The molecule has 1 fully saturated rings. The Morgan fingerprint density at radius 2 is 1.67 bits per heavy atom. The number of ketones is 1. The molecule has 0 amide bonds. The van der Waals surface area contributed by atoms with Crippen molar-refractivity contribution in [3.63, 3.8) is 0 Å². The molecule has 0 unspecified atom stereocenters. The standard InChI is InChI=1S/C30H31ClN2O6/c1-18-12-23(34)22(17-32-8-10-33(11-9-32)21-7-5-6-20(31)15-21)30-28(18)29(35)27(39-30)14-19-13-25(37-3)26(38-4)16-24(19)36-2/h5-7,12-16,34H,8-11,17H2,1-4H3/b27-14-. The molecule has 0 saturated carbocycles. The molecule has 39 heavy (non-hydrogen) atoms. The van der Waals surface area contributed by atoms with E-state index in [4.69, 9.17) is 30.5 Å². The maximum atomic E-state index is 13.5. The predicted octanol–water partition coefficient (Wildman–Crippen LogP) is 5.32. The molecule has 8 nitrogen and oxygen atoms in total. The molecule has 0 spiro atoms. The number of aryl methyl sites for hydroxylation is 1. The lowest BCUT2D eigenvalue weighted by Crippen LogP contribution is -2.46. The first kappa shape index (κ1) is 26.7. The highest BCUT2D eigenvalue weighted by atomic mass is 35.5. The number of fused-ring (bicyclic) bond motifs is 1. The molecule has 0 aliphatic carbocycles. The van der Waals surface area contributed by atoms with E-state index in [9.17, 15) is 9.90 Å². The van der Waals surface area contributed by atoms with Crippen molar-refractivity contribution in [2.75, 3.05) is 52.4 Å². The molecule has 0 aromatic heterocycles. The van der Waals surface area contributed by atoms with Gasteiger partial charge in [0.25, 0.3) is 0 Å². The van der Waals surface area contributed by atoms with E-state index in [1.54, 1.807) is 52.5 Å². The van der Waals surface area contributed by atoms with Crippen LogP contribution in [0.2, 0.25) is 5.02 Å². The highest BCUT2D eigenvalue weighted by Gasteiger charge is 2.34. The number of hydrogen-bond acceptors (Lipinski definition) is 8. The number of nitrogens with zero attached hydrogens (tertiary/aromatic N) is 2. The van der Waals surface area contributed by atoms with E-state index < -0.39 is 0 Å². The molecule has 2 heterocycles. The molecule has 2 aliphatic heterocycles. The first-order valence-electron chi connectivity index (χ1n) is 12.7. The zero-order valence-corrected chi connectivity index (χ0v) is 23.2. The van der Waals surface area contributed by atoms with Crippen LogP contribution >= 0.6 is 11.6 Å². The molecule has 9 heteroatoms. The number of halogens is 1. The summed E-state index contributed by atoms with van der Waals surface area (Å²) in [5, 5.41) is 11.6. The van der Waals surface area contributed by atoms with E-state index in [1.807, 2.05) is 18.2 Å². The van der Waals surface area contributed by atoms with Crippen molar-refractivity contribution >= 4 is 29.1 Å². The van der Waals surface area contributed by atoms with Crippen LogP contribution in [-0.2, 0) is 6.54 Å². The van der Waals surface area contributed by atoms with Crippen molar-refractivity contribution in [3.8, 4) is 28.7 Å². The first-order valence-corrected chi connectivity index (χ1v) is 13.0. The second-order valence-electron chi connectivity index (χ2n) is 9.53. The molecule has 1 N–H and O–H groups in total. The van der Waals surface area contributed by atoms with E-state index in [0.29, 0.717) is 56.8 Å². The number of phenols is 1. The number of anilines is 1. The Morgan fingerprint density at radius 3 is 2.33 bits per heavy atom. The summed E-state index contributed by atoms with van der Waals surface area (Å²) >= 11 is 6.17. The first-order chi connectivity index (χ1) is 18.8. The smallest absolute Gasteiger partial charge is 0.232 e. The molecule has 3 aromatic rings. The Kier molecular flexibility index (Phi) is 7.59. The van der Waals surface area contributed by atoms with Gasteiger partial charge in [-0.15, -0.1) is 0 Å². The van der Waals surface area contributed by atoms with Crippen molar-refractivity contribution in [2.45, 2.75) is 13.5 Å². The number of rotatable bonds is 7. The van der Waals surface area contributed by atoms with Gasteiger partial charge in [0.1, 0.15) is 17.2 Å². The van der Waals surface area contributed by atoms with Gasteiger partial charge in [-0.3, -0.25) is 9.69 Å². The van der Waals surface area contributed by atoms with Crippen LogP contribution < -0.4 is 23.8 Å². The zero-order valence-electron chi connectivity index (χ0n) is 22.4. The highest BCUT2D eigenvalue weighted by molar-refractivity contribution is 6.30. The van der Waals surface area contributed by atoms with Crippen molar-refractivity contribution in [3.05, 3.63) is 75.5 Å². The molecule has 204 valence electrons. The van der Waals surface area contributed by atoms with Crippen LogP contribution in [-0.4, -0.2) is 63.3 Å². The van der Waals surface area contributed by atoms with E-state index in [1.165, 1.54) is 0 Å². The highest BCUT2D eigenvalue weighted by Crippen LogP contribution is 2.43. The number of allylic oxidation sites excluding steroid dienone is 1. The number of methoxy groups -OCH3 is 3. The molecule has 5 rings (SSSR count). The number of carbonyl (C=O) groups excluding carboxylic acids is 1. The normalized spacial score (nSPS) is 16.3. The van der Waals surface area contributed by atoms with Crippen molar-refractivity contribution < 1.29 is 28.8 Å². The average molecular weight is 551 g/mol. The number of aromatic hydroxyl groups is 1. The minimum absolute atomic E-state index is 0.112. The average Bonchev–Trinajstić information content (AvgIpc) is 3.26. The van der Waals surface area contributed by atoms with E-state index in [0.717, 1.165) is 31.9 Å². The summed E-state index contributed by atoms with van der Waals surface area (Å²) in [5.74, 6) is 1.94. The van der Waals surface area contributed by atoms with Crippen LogP contribution in [0, 0.1) is 6.92 Å². The van der Waals surface area contributed by atoms with Gasteiger partial charge >= 0.3 is 0 Å². The van der Waals surface area contributed by atoms with Gasteiger partial charge in [-0.1, -0.05) is 17.7 Å². The Morgan fingerprint density at radius 1 is 0.974 bits per heavy atom. The van der Waals surface area contributed by atoms with Crippen LogP contribution in [0.1, 0.15) is 27.0 Å². The molecule has 3 aromatic carbocycles. The monoisotopic (exact) mass is 550 g/mol. The van der Waals surface area contributed by atoms with E-state index >= 15 is 0 Å². The molecule has 0 atom stereocenters. The van der Waals surface area contributed by atoms with Gasteiger partial charge in [0.15, 0.2) is 17.3 Å². The minimum atomic E-state index is -0.244. The van der Waals surface area contributed by atoms with Crippen LogP contribution in [0.15, 0.2) is 48.2 Å². The number of carbonyl (C=O) groups is 1. The van der Waals surface area contributed by atoms with Crippen molar-refractivity contribution in [1.82, 2.24) is 4.90 Å². The minimum Gasteiger partial charge on any atom is -0.507 e. The van der Waals surface area contributed by atoms with Crippen molar-refractivity contribution in [1.29, 1.82) is 0 Å². The third-order valence-corrected chi connectivity index (χ3v) is 7.41. The predicted molar refractivity (Wildman–Crippen MR) is 151 cm³/mol. The van der Waals surface area contributed by atoms with Gasteiger partial charge in [0.2, 0.25) is 5.78 Å². The lowest BCUT2D eigenvalue weighted by Gasteiger charge is -2.36. The molecule has 2 aliphatic rings. The Balaban J connectivity index is 1.40. The summed E-state index contributed by atoms with van der Waals surface area (Å²) < 4.78 is 22.5. The number of ether oxygens (including phenoxy) is 4. The zero-order chi connectivity index (χ0) is 27.7. The number of benzene rings is 3. The molecule has 0 radical (unpaired) electrons. The maximum Gasteiger partial charge on any atom is 0.232 e. The van der Waals surface area contributed by atoms with E-state index in [2.05, 4.69) is 15.9 Å². The van der Waals surface area contributed by atoms with Gasteiger partial charge < -0.3 is 29.0 Å². The lowest BCUT2D eigenvalue weighted by molar-refractivity contribution is 0.101. The van der Waals surface area contributed by atoms with Crippen LogP contribution in [0.3, 0.4) is 0 Å². The summed E-state index contributed by atoms with van der Waals surface area (Å²) in [6, 6.07) is 12.9. The summed E-state index contributed by atoms with van der Waals surface area (Å²) in [6.45, 7) is 5.46. The maximum absolute atomic E-state index is 13.5. The number of Topliss-reactive ketones (excluding diaryl/α,β-unsaturated/α-hetero) is 1. The summed E-state index contributed by atoms with van der Waals surface area (Å²) in [4.78, 5) is 18.0. The SMILES string of the molecule is COc1cc(OC)c(OC)cc1/C=C1\Oc2c(CN3CCN(c4cccc(Cl)c4)CC3)c(O)cc(C)c2C1=O. The molecular formula is C30H31ClN2O6. The number of phenolic OH excluding ortho intramolecular Hbond substituents is 1. The quantitative estimate of drug-likeness (QED) is 0.396. The van der Waals surface area contributed by atoms with Gasteiger partial charge in [-0.25, -0.2) is 0 Å². The summed E-state index contributed by atoms with van der Waals surface area (Å²) in [7, 11) is 4.63. The van der Waals surface area contributed by atoms with Crippen LogP contribution in [0.4, 0.5) is 5.69 Å². The molecule has 1 saturated heterocycles. The lowest BCUT2D eigenvalue weighted by atomic mass is 9.99. The van der Waals surface area contributed by atoms with Gasteiger partial charge in [-0.2, -0.15) is 0 Å². The molecular weight excluding hydrogens is 520 g/mol. The Hall–Kier alpha value is -3.88. The third kappa shape index (κ3) is 5.22. The van der Waals surface area contributed by atoms with Crippen molar-refractivity contribution in [2.24, 2.45) is 0 Å². The van der Waals surface area contributed by atoms with Crippen LogP contribution in [0.5, 0.6) is 28.7 Å². The van der Waals surface area contributed by atoms with Gasteiger partial charge in [0, 0.05) is 55.1 Å². The van der Waals surface area contributed by atoms with E-state index in [-0.39, 0.29) is 17.3 Å². The second-order valence-corrected chi connectivity index (χ2v) is 9.96. The molecule has 0 bridgehead atoms. The van der Waals surface area contributed by atoms with Gasteiger partial charge in [-0.05, 0) is 48.9 Å². The third-order valence-electron chi connectivity index (χ3n) is 7.17. The fourth-order valence-electron chi connectivity index (χ4n) is 5.10. The van der Waals surface area contributed by atoms with Gasteiger partial charge in [0.05, 0.1) is 32.5 Å². The fourth-order valence-corrected chi connectivity index (χ4v) is 5.28. The Bertz CT molecular complexity index is 1450. The van der Waals surface area contributed by atoms with Crippen LogP contribution in [0.25, 0.3) is 6.08 Å². The second kappa shape index (κ2) is 11.1. The largest absolute Gasteiger partial charge is 0.507 e. The number of piperazine rings is 1. The number of hydrogen-bond donors (Lipinski definition) is 1. The topological polar surface area (TPSA) is 80.7 Å². The Labute approximate surface area is 232 Å². The summed E-state index contributed by atoms with van der Waals surface area (Å²) in [6.07, 6.45) is 1.63. The summed E-state index contributed by atoms with van der Waals surface area (Å²) in [5.41, 5.74) is 3.42.